The van der Waals surface area contributed by atoms with Crippen molar-refractivity contribution in [2.45, 2.75) is 0 Å². The van der Waals surface area contributed by atoms with Crippen LogP contribution in [0.15, 0.2) is 55.1 Å². The Morgan fingerprint density at radius 2 is 1.25 bits per heavy atom. The van der Waals surface area contributed by atoms with Crippen molar-refractivity contribution in [1.29, 1.82) is 0 Å². The Labute approximate surface area is 93.8 Å². The summed E-state index contributed by atoms with van der Waals surface area (Å²) in [7, 11) is 0. The van der Waals surface area contributed by atoms with Crippen LogP contribution < -0.4 is 9.47 Å². The number of rotatable bonds is 0. The monoisotopic (exact) mass is 210 g/mol. The fourth-order valence-corrected chi connectivity index (χ4v) is 1.71. The van der Waals surface area contributed by atoms with Gasteiger partial charge in [-0.3, -0.25) is 0 Å². The highest BCUT2D eigenvalue weighted by Crippen LogP contribution is 2.40. The first-order chi connectivity index (χ1) is 7.84. The average molecular weight is 210 g/mol. The highest BCUT2D eigenvalue weighted by Gasteiger charge is 2.17. The van der Waals surface area contributed by atoms with Crippen LogP contribution in [0.4, 0.5) is 0 Å². The van der Waals surface area contributed by atoms with E-state index in [2.05, 4.69) is 6.58 Å². The summed E-state index contributed by atoms with van der Waals surface area (Å²) >= 11 is 0. The molecule has 2 aromatic carbocycles. The summed E-state index contributed by atoms with van der Waals surface area (Å²) in [6, 6.07) is 15.3. The molecule has 0 aliphatic carbocycles. The first kappa shape index (κ1) is 9.04. The number of ether oxygens (including phenoxy) is 2. The van der Waals surface area contributed by atoms with Gasteiger partial charge in [0.1, 0.15) is 11.5 Å². The smallest absolute Gasteiger partial charge is 0.169 e. The standard InChI is InChI=1S/C14H10O2/c1-10-11-6-2-3-7-12(11)16-14-9-5-4-8-13(14)15-10/h2-9H,1H2. The molecule has 0 bridgehead atoms. The molecule has 0 spiro atoms. The zero-order valence-corrected chi connectivity index (χ0v) is 8.64. The number of para-hydroxylation sites is 3. The summed E-state index contributed by atoms with van der Waals surface area (Å²) in [6.45, 7) is 3.91. The highest BCUT2D eigenvalue weighted by molar-refractivity contribution is 5.69. The van der Waals surface area contributed by atoms with Crippen LogP contribution >= 0.6 is 0 Å². The summed E-state index contributed by atoms with van der Waals surface area (Å²) in [5.41, 5.74) is 0.888. The van der Waals surface area contributed by atoms with E-state index in [1.165, 1.54) is 0 Å². The van der Waals surface area contributed by atoms with Gasteiger partial charge in [-0.15, -0.1) is 0 Å². The maximum Gasteiger partial charge on any atom is 0.169 e. The molecule has 2 heteroatoms. The van der Waals surface area contributed by atoms with Crippen LogP contribution in [0.2, 0.25) is 0 Å². The molecule has 78 valence electrons. The molecule has 2 aromatic rings. The summed E-state index contributed by atoms with van der Waals surface area (Å²) in [4.78, 5) is 0. The first-order valence-electron chi connectivity index (χ1n) is 5.07. The minimum Gasteiger partial charge on any atom is -0.453 e. The lowest BCUT2D eigenvalue weighted by atomic mass is 10.2. The summed E-state index contributed by atoms with van der Waals surface area (Å²) in [6.07, 6.45) is 0. The van der Waals surface area contributed by atoms with Crippen molar-refractivity contribution in [1.82, 2.24) is 0 Å². The van der Waals surface area contributed by atoms with Gasteiger partial charge in [0.25, 0.3) is 0 Å². The second-order valence-electron chi connectivity index (χ2n) is 3.57. The van der Waals surface area contributed by atoms with E-state index < -0.39 is 0 Å². The SMILES string of the molecule is C=C1Oc2ccccc2Oc2ccccc21. The topological polar surface area (TPSA) is 18.5 Å². The van der Waals surface area contributed by atoms with Crippen molar-refractivity contribution in [3.8, 4) is 17.2 Å². The lowest BCUT2D eigenvalue weighted by Crippen LogP contribution is -1.90. The van der Waals surface area contributed by atoms with Gasteiger partial charge in [-0.25, -0.2) is 0 Å². The molecule has 0 aromatic heterocycles. The van der Waals surface area contributed by atoms with E-state index >= 15 is 0 Å². The summed E-state index contributed by atoms with van der Waals surface area (Å²) < 4.78 is 11.5. The zero-order valence-electron chi connectivity index (χ0n) is 8.64. The van der Waals surface area contributed by atoms with Gasteiger partial charge in [0.15, 0.2) is 11.5 Å². The lowest BCUT2D eigenvalue weighted by molar-refractivity contribution is 0.454. The molecule has 16 heavy (non-hydrogen) atoms. The van der Waals surface area contributed by atoms with Gasteiger partial charge in [-0.1, -0.05) is 30.8 Å². The molecule has 0 saturated carbocycles. The van der Waals surface area contributed by atoms with Crippen molar-refractivity contribution in [3.63, 3.8) is 0 Å². The molecule has 0 fully saturated rings. The second-order valence-corrected chi connectivity index (χ2v) is 3.57. The minimum atomic E-state index is 0.612. The first-order valence-corrected chi connectivity index (χ1v) is 5.07. The van der Waals surface area contributed by atoms with Crippen LogP contribution in [-0.4, -0.2) is 0 Å². The Balaban J connectivity index is 2.18. The molecule has 0 radical (unpaired) electrons. The summed E-state index contributed by atoms with van der Waals surface area (Å²) in [5, 5.41) is 0. The molecule has 0 amide bonds. The predicted octanol–water partition coefficient (Wildman–Crippen LogP) is 3.84. The van der Waals surface area contributed by atoms with Crippen LogP contribution in [0.5, 0.6) is 17.2 Å². The van der Waals surface area contributed by atoms with E-state index in [0.29, 0.717) is 17.3 Å². The quantitative estimate of drug-likeness (QED) is 0.657. The maximum atomic E-state index is 5.79. The molecule has 1 aliphatic rings. The van der Waals surface area contributed by atoms with Gasteiger partial charge in [-0.05, 0) is 24.3 Å². The van der Waals surface area contributed by atoms with E-state index in [4.69, 9.17) is 9.47 Å². The molecular formula is C14H10O2. The van der Waals surface area contributed by atoms with Gasteiger partial charge in [-0.2, -0.15) is 0 Å². The Kier molecular flexibility index (Phi) is 1.93. The van der Waals surface area contributed by atoms with Crippen LogP contribution in [0, 0.1) is 0 Å². The van der Waals surface area contributed by atoms with E-state index in [9.17, 15) is 0 Å². The summed E-state index contributed by atoms with van der Waals surface area (Å²) in [5.74, 6) is 2.80. The molecule has 0 N–H and O–H groups in total. The van der Waals surface area contributed by atoms with Gasteiger partial charge in [0.2, 0.25) is 0 Å². The molecular weight excluding hydrogens is 200 g/mol. The Hall–Kier alpha value is -2.22. The van der Waals surface area contributed by atoms with Crippen molar-refractivity contribution in [3.05, 3.63) is 60.7 Å². The normalized spacial score (nSPS) is 12.9. The average Bonchev–Trinajstić information content (AvgIpc) is 2.45. The third kappa shape index (κ3) is 1.36. The number of fused-ring (bicyclic) bond motifs is 2. The van der Waals surface area contributed by atoms with Gasteiger partial charge < -0.3 is 9.47 Å². The molecule has 2 nitrogen and oxygen atoms in total. The van der Waals surface area contributed by atoms with Crippen molar-refractivity contribution < 1.29 is 9.47 Å². The van der Waals surface area contributed by atoms with Crippen LogP contribution in [0.1, 0.15) is 5.56 Å². The lowest BCUT2D eigenvalue weighted by Gasteiger charge is -2.05. The Bertz CT molecular complexity index is 558. The van der Waals surface area contributed by atoms with Gasteiger partial charge in [0, 0.05) is 0 Å². The molecule has 0 unspecified atom stereocenters. The van der Waals surface area contributed by atoms with Crippen LogP contribution in [0.3, 0.4) is 0 Å². The van der Waals surface area contributed by atoms with E-state index in [1.54, 1.807) is 0 Å². The Morgan fingerprint density at radius 3 is 2.00 bits per heavy atom. The van der Waals surface area contributed by atoms with E-state index in [0.717, 1.165) is 11.3 Å². The van der Waals surface area contributed by atoms with Gasteiger partial charge in [0.05, 0.1) is 5.56 Å². The second kappa shape index (κ2) is 3.42. The molecule has 0 atom stereocenters. The van der Waals surface area contributed by atoms with Gasteiger partial charge >= 0.3 is 0 Å². The fourth-order valence-electron chi connectivity index (χ4n) is 1.71. The maximum absolute atomic E-state index is 5.79. The van der Waals surface area contributed by atoms with Crippen molar-refractivity contribution in [2.75, 3.05) is 0 Å². The minimum absolute atomic E-state index is 0.612. The zero-order chi connectivity index (χ0) is 11.0. The fraction of sp³-hybridized carbons (Fsp3) is 0. The molecule has 0 saturated heterocycles. The van der Waals surface area contributed by atoms with Crippen LogP contribution in [0.25, 0.3) is 5.76 Å². The van der Waals surface area contributed by atoms with E-state index in [-0.39, 0.29) is 0 Å². The number of benzene rings is 2. The third-order valence-corrected chi connectivity index (χ3v) is 2.49. The number of hydrogen-bond donors (Lipinski definition) is 0. The van der Waals surface area contributed by atoms with Crippen molar-refractivity contribution in [2.24, 2.45) is 0 Å². The van der Waals surface area contributed by atoms with E-state index in [1.807, 2.05) is 48.5 Å². The number of hydrogen-bond acceptors (Lipinski definition) is 2. The largest absolute Gasteiger partial charge is 0.453 e. The molecule has 1 heterocycles. The molecule has 1 aliphatic heterocycles. The van der Waals surface area contributed by atoms with Crippen molar-refractivity contribution >= 4 is 5.76 Å². The van der Waals surface area contributed by atoms with Crippen LogP contribution in [-0.2, 0) is 0 Å². The highest BCUT2D eigenvalue weighted by atomic mass is 16.5. The predicted molar refractivity (Wildman–Crippen MR) is 62.6 cm³/mol. The third-order valence-electron chi connectivity index (χ3n) is 2.49. The molecule has 3 rings (SSSR count). The Morgan fingerprint density at radius 1 is 0.688 bits per heavy atom.